The van der Waals surface area contributed by atoms with Crippen molar-refractivity contribution in [3.05, 3.63) is 40.8 Å². The first-order chi connectivity index (χ1) is 10.7. The second-order valence-corrected chi connectivity index (χ2v) is 7.56. The fourth-order valence-corrected chi connectivity index (χ4v) is 4.16. The number of halogens is 1. The van der Waals surface area contributed by atoms with Gasteiger partial charge in [-0.2, -0.15) is 0 Å². The van der Waals surface area contributed by atoms with E-state index in [0.29, 0.717) is 5.41 Å². The van der Waals surface area contributed by atoms with E-state index in [9.17, 15) is 0 Å². The van der Waals surface area contributed by atoms with E-state index in [0.717, 1.165) is 22.5 Å². The molecule has 1 spiro atoms. The Kier molecular flexibility index (Phi) is 3.80. The topological polar surface area (TPSA) is 44.0 Å². The van der Waals surface area contributed by atoms with Crippen molar-refractivity contribution in [1.82, 2.24) is 20.2 Å². The molecule has 0 radical (unpaired) electrons. The summed E-state index contributed by atoms with van der Waals surface area (Å²) in [5, 5.41) is 3.52. The summed E-state index contributed by atoms with van der Waals surface area (Å²) in [7, 11) is 0. The first kappa shape index (κ1) is 14.4. The fraction of sp³-hybridized carbons (Fsp3) is 0.471. The van der Waals surface area contributed by atoms with Gasteiger partial charge < -0.3 is 10.3 Å². The molecule has 3 heterocycles. The SMILES string of the molecule is Brc1cccc(-c2cnc(CN3CCC4(CCNC4)C3)[nH]2)c1. The fourth-order valence-electron chi connectivity index (χ4n) is 3.76. The van der Waals surface area contributed by atoms with Crippen LogP contribution in [0.15, 0.2) is 34.9 Å². The second kappa shape index (κ2) is 5.80. The van der Waals surface area contributed by atoms with Crippen LogP contribution in [0.3, 0.4) is 0 Å². The van der Waals surface area contributed by atoms with E-state index in [4.69, 9.17) is 0 Å². The summed E-state index contributed by atoms with van der Waals surface area (Å²) in [6.07, 6.45) is 4.59. The summed E-state index contributed by atoms with van der Waals surface area (Å²) < 4.78 is 1.09. The Morgan fingerprint density at radius 3 is 3.09 bits per heavy atom. The van der Waals surface area contributed by atoms with E-state index in [2.05, 4.69) is 54.3 Å². The molecular formula is C17H21BrN4. The third kappa shape index (κ3) is 2.85. The lowest BCUT2D eigenvalue weighted by Gasteiger charge is -2.22. The van der Waals surface area contributed by atoms with Crippen LogP contribution in [0.2, 0.25) is 0 Å². The zero-order valence-electron chi connectivity index (χ0n) is 12.6. The average molecular weight is 361 g/mol. The zero-order valence-corrected chi connectivity index (χ0v) is 14.2. The standard InChI is InChI=1S/C17H21BrN4/c18-14-3-1-2-13(8-14)15-9-20-16(21-15)10-22-7-5-17(12-22)4-6-19-11-17/h1-3,8-9,19H,4-7,10-12H2,(H,20,21). The van der Waals surface area contributed by atoms with Gasteiger partial charge in [0.25, 0.3) is 0 Å². The minimum Gasteiger partial charge on any atom is -0.341 e. The maximum Gasteiger partial charge on any atom is 0.120 e. The number of aromatic amines is 1. The van der Waals surface area contributed by atoms with E-state index >= 15 is 0 Å². The van der Waals surface area contributed by atoms with Crippen LogP contribution in [0, 0.1) is 5.41 Å². The maximum atomic E-state index is 4.57. The van der Waals surface area contributed by atoms with Crippen molar-refractivity contribution in [2.45, 2.75) is 19.4 Å². The van der Waals surface area contributed by atoms with Crippen molar-refractivity contribution in [2.24, 2.45) is 5.41 Å². The Hall–Kier alpha value is -1.17. The number of rotatable bonds is 3. The molecule has 5 heteroatoms. The molecule has 2 aliphatic heterocycles. The molecule has 2 saturated heterocycles. The number of imidazole rings is 1. The first-order valence-electron chi connectivity index (χ1n) is 7.95. The van der Waals surface area contributed by atoms with Gasteiger partial charge >= 0.3 is 0 Å². The van der Waals surface area contributed by atoms with Crippen LogP contribution in [-0.4, -0.2) is 41.0 Å². The minimum absolute atomic E-state index is 0.527. The molecule has 1 unspecified atom stereocenters. The lowest BCUT2D eigenvalue weighted by Crippen LogP contribution is -2.29. The monoisotopic (exact) mass is 360 g/mol. The average Bonchev–Trinajstić information content (AvgIpc) is 3.23. The van der Waals surface area contributed by atoms with Gasteiger partial charge in [-0.15, -0.1) is 0 Å². The molecular weight excluding hydrogens is 340 g/mol. The van der Waals surface area contributed by atoms with E-state index in [1.807, 2.05) is 12.3 Å². The summed E-state index contributed by atoms with van der Waals surface area (Å²) >= 11 is 3.52. The quantitative estimate of drug-likeness (QED) is 0.883. The third-order valence-corrected chi connectivity index (χ3v) is 5.48. The molecule has 1 aromatic heterocycles. The largest absolute Gasteiger partial charge is 0.341 e. The van der Waals surface area contributed by atoms with Crippen LogP contribution in [0.5, 0.6) is 0 Å². The Labute approximate surface area is 139 Å². The van der Waals surface area contributed by atoms with E-state index in [1.165, 1.54) is 44.6 Å². The molecule has 2 N–H and O–H groups in total. The normalized spacial score (nSPS) is 25.3. The smallest absolute Gasteiger partial charge is 0.120 e. The van der Waals surface area contributed by atoms with E-state index < -0.39 is 0 Å². The van der Waals surface area contributed by atoms with Crippen molar-refractivity contribution in [1.29, 1.82) is 0 Å². The number of nitrogens with one attached hydrogen (secondary N) is 2. The molecule has 4 nitrogen and oxygen atoms in total. The van der Waals surface area contributed by atoms with E-state index in [1.54, 1.807) is 0 Å². The van der Waals surface area contributed by atoms with Crippen molar-refractivity contribution < 1.29 is 0 Å². The molecule has 2 aromatic rings. The second-order valence-electron chi connectivity index (χ2n) is 6.64. The van der Waals surface area contributed by atoms with Crippen LogP contribution in [-0.2, 0) is 6.54 Å². The Morgan fingerprint density at radius 2 is 2.27 bits per heavy atom. The van der Waals surface area contributed by atoms with Gasteiger partial charge in [0.1, 0.15) is 5.82 Å². The number of nitrogens with zero attached hydrogens (tertiary/aromatic N) is 2. The van der Waals surface area contributed by atoms with Crippen LogP contribution in [0.25, 0.3) is 11.3 Å². The molecule has 2 aliphatic rings. The third-order valence-electron chi connectivity index (χ3n) is 4.99. The number of aromatic nitrogens is 2. The van der Waals surface area contributed by atoms with Gasteiger partial charge in [-0.25, -0.2) is 4.98 Å². The molecule has 0 bridgehead atoms. The maximum absolute atomic E-state index is 4.57. The highest BCUT2D eigenvalue weighted by atomic mass is 79.9. The zero-order chi connectivity index (χ0) is 15.0. The van der Waals surface area contributed by atoms with Gasteiger partial charge in [0.15, 0.2) is 0 Å². The number of hydrogen-bond acceptors (Lipinski definition) is 3. The Bertz CT molecular complexity index is 660. The minimum atomic E-state index is 0.527. The van der Waals surface area contributed by atoms with Gasteiger partial charge in [0.05, 0.1) is 18.4 Å². The van der Waals surface area contributed by atoms with E-state index in [-0.39, 0.29) is 0 Å². The number of benzene rings is 1. The van der Waals surface area contributed by atoms with Crippen molar-refractivity contribution >= 4 is 15.9 Å². The summed E-state index contributed by atoms with van der Waals surface area (Å²) in [5.41, 5.74) is 2.79. The van der Waals surface area contributed by atoms with Gasteiger partial charge in [-0.3, -0.25) is 4.90 Å². The highest BCUT2D eigenvalue weighted by Gasteiger charge is 2.40. The highest BCUT2D eigenvalue weighted by molar-refractivity contribution is 9.10. The molecule has 1 aromatic carbocycles. The predicted octanol–water partition coefficient (Wildman–Crippen LogP) is 3.02. The van der Waals surface area contributed by atoms with Gasteiger partial charge in [0, 0.05) is 23.1 Å². The first-order valence-corrected chi connectivity index (χ1v) is 8.75. The summed E-state index contributed by atoms with van der Waals surface area (Å²) in [6, 6.07) is 8.32. The molecule has 0 amide bonds. The molecule has 0 saturated carbocycles. The highest BCUT2D eigenvalue weighted by Crippen LogP contribution is 2.36. The van der Waals surface area contributed by atoms with Crippen LogP contribution >= 0.6 is 15.9 Å². The number of likely N-dealkylation sites (tertiary alicyclic amines) is 1. The lowest BCUT2D eigenvalue weighted by molar-refractivity contribution is 0.264. The Balaban J connectivity index is 1.44. The van der Waals surface area contributed by atoms with Crippen molar-refractivity contribution in [3.8, 4) is 11.3 Å². The summed E-state index contributed by atoms with van der Waals surface area (Å²) in [4.78, 5) is 10.6. The van der Waals surface area contributed by atoms with Crippen molar-refractivity contribution in [2.75, 3.05) is 26.2 Å². The van der Waals surface area contributed by atoms with Crippen LogP contribution in [0.4, 0.5) is 0 Å². The molecule has 116 valence electrons. The molecule has 4 rings (SSSR count). The number of hydrogen-bond donors (Lipinski definition) is 2. The van der Waals surface area contributed by atoms with Crippen LogP contribution in [0.1, 0.15) is 18.7 Å². The molecule has 1 atom stereocenters. The Morgan fingerprint density at radius 1 is 1.32 bits per heavy atom. The lowest BCUT2D eigenvalue weighted by atomic mass is 9.87. The molecule has 2 fully saturated rings. The van der Waals surface area contributed by atoms with Gasteiger partial charge in [-0.1, -0.05) is 28.1 Å². The predicted molar refractivity (Wildman–Crippen MR) is 91.5 cm³/mol. The van der Waals surface area contributed by atoms with Crippen molar-refractivity contribution in [3.63, 3.8) is 0 Å². The number of H-pyrrole nitrogens is 1. The summed E-state index contributed by atoms with van der Waals surface area (Å²) in [6.45, 7) is 5.68. The van der Waals surface area contributed by atoms with Crippen LogP contribution < -0.4 is 5.32 Å². The molecule has 22 heavy (non-hydrogen) atoms. The van der Waals surface area contributed by atoms with Gasteiger partial charge in [0.2, 0.25) is 0 Å². The summed E-state index contributed by atoms with van der Waals surface area (Å²) in [5.74, 6) is 1.07. The molecule has 0 aliphatic carbocycles. The van der Waals surface area contributed by atoms with Gasteiger partial charge in [-0.05, 0) is 43.5 Å².